The maximum absolute atomic E-state index is 9.38. The first-order chi connectivity index (χ1) is 29.0. The third kappa shape index (κ3) is 8.02. The van der Waals surface area contributed by atoms with Crippen LogP contribution in [0, 0.1) is 19.1 Å². The van der Waals surface area contributed by atoms with Gasteiger partial charge in [-0.25, -0.2) is 4.98 Å². The number of fused-ring (bicyclic) bond motifs is 5. The Balaban J connectivity index is 0.000000170. The summed E-state index contributed by atoms with van der Waals surface area (Å²) in [6, 6.07) is 59.0. The summed E-state index contributed by atoms with van der Waals surface area (Å²) in [6.07, 6.45) is 2.04. The molecule has 60 heavy (non-hydrogen) atoms. The topological polar surface area (TPSA) is 43.6 Å². The SMILES string of the molecule is Cc1ccc2c(n1)sc1c(-c3nc4ccccc4n3-c3cccc4ccccc34)[c-]ccc12.[2H]C(C)(c1cc(-c2[c-]cccc2)nc[c]1[Ge]([CH3])([CH3])[CH3])C(C)c1ccccc1.[Ir]. The minimum atomic E-state index is -2.20. The van der Waals surface area contributed by atoms with E-state index in [2.05, 4.69) is 157 Å². The Morgan fingerprint density at radius 1 is 0.717 bits per heavy atom. The van der Waals surface area contributed by atoms with Crippen molar-refractivity contribution in [2.45, 2.75) is 49.9 Å². The van der Waals surface area contributed by atoms with E-state index in [-0.39, 0.29) is 26.0 Å². The number of thiophene rings is 1. The molecule has 2 atom stereocenters. The van der Waals surface area contributed by atoms with Crippen molar-refractivity contribution in [3.63, 3.8) is 0 Å². The summed E-state index contributed by atoms with van der Waals surface area (Å²) < 4.78 is 14.2. The van der Waals surface area contributed by atoms with Crippen molar-refractivity contribution in [1.82, 2.24) is 19.5 Å². The smallest absolute Gasteiger partial charge is 0 e. The van der Waals surface area contributed by atoms with Crippen LogP contribution in [0.25, 0.3) is 70.4 Å². The molecule has 7 heteroatoms. The molecule has 0 saturated carbocycles. The zero-order valence-corrected chi connectivity index (χ0v) is 39.9. The number of pyridine rings is 2. The van der Waals surface area contributed by atoms with Crippen molar-refractivity contribution >= 4 is 71.1 Å². The number of para-hydroxylation sites is 2. The summed E-state index contributed by atoms with van der Waals surface area (Å²) in [5, 5.41) is 4.80. The second kappa shape index (κ2) is 17.4. The largest absolute Gasteiger partial charge is 0 e. The number of benzene rings is 6. The molecule has 0 bridgehead atoms. The van der Waals surface area contributed by atoms with Gasteiger partial charge in [-0.3, -0.25) is 4.98 Å². The molecule has 4 nitrogen and oxygen atoms in total. The molecule has 2 unspecified atom stereocenters. The standard InChI is InChI=1S/C29H18N3S.C24H28GeN.Ir/c1-18-16-17-22-21-11-7-12-23(27(21)33-29(22)30-18)28-31-24-13-4-5-14-26(24)32(28)25-15-6-9-19-8-2-3-10-20(19)25;1-18(20-12-8-6-9-13-20)19(2)22-16-24(21-14-10-7-11-15-21)26-17-23(22)25(3,4)5;/h2-11,13-17H,1H3;6-14,16-19H,1-5H3;/q2*-1;/i;19D;. The Labute approximate surface area is 374 Å². The van der Waals surface area contributed by atoms with Crippen LogP contribution < -0.4 is 4.40 Å². The molecule has 6 aromatic carbocycles. The van der Waals surface area contributed by atoms with E-state index in [1.165, 1.54) is 36.2 Å². The second-order valence-corrected chi connectivity index (χ2v) is 27.8. The minimum Gasteiger partial charge on any atom is 0 e. The number of aromatic nitrogens is 4. The monoisotopic (exact) mass is 1040 g/mol. The van der Waals surface area contributed by atoms with Crippen LogP contribution in [-0.2, 0) is 20.1 Å². The number of hydrogen-bond acceptors (Lipinski definition) is 4. The predicted octanol–water partition coefficient (Wildman–Crippen LogP) is 13.7. The van der Waals surface area contributed by atoms with Crippen LogP contribution in [0.4, 0.5) is 0 Å². The van der Waals surface area contributed by atoms with E-state index in [0.717, 1.165) is 55.5 Å². The van der Waals surface area contributed by atoms with E-state index in [0.29, 0.717) is 0 Å². The van der Waals surface area contributed by atoms with Crippen LogP contribution in [0.3, 0.4) is 0 Å². The van der Waals surface area contributed by atoms with Gasteiger partial charge in [-0.05, 0) is 46.7 Å². The molecule has 0 fully saturated rings. The molecule has 0 saturated heterocycles. The fourth-order valence-corrected chi connectivity index (χ4v) is 12.4. The molecule has 10 aromatic rings. The van der Waals surface area contributed by atoms with Crippen molar-refractivity contribution in [2.24, 2.45) is 0 Å². The first-order valence-corrected chi connectivity index (χ1v) is 28.3. The Kier molecular flexibility index (Phi) is 11.6. The Hall–Kier alpha value is -5.24. The summed E-state index contributed by atoms with van der Waals surface area (Å²) >= 11 is -0.481. The van der Waals surface area contributed by atoms with Gasteiger partial charge in [0.1, 0.15) is 4.83 Å². The fraction of sp³-hybridized carbons (Fsp3) is 0.151. The van der Waals surface area contributed by atoms with Gasteiger partial charge in [0, 0.05) is 36.9 Å². The van der Waals surface area contributed by atoms with E-state index < -0.39 is 19.2 Å². The summed E-state index contributed by atoms with van der Waals surface area (Å²) in [6.45, 7) is 6.25. The molecule has 0 spiro atoms. The number of hydrogen-bond donors (Lipinski definition) is 0. The molecule has 4 heterocycles. The number of nitrogens with zero attached hydrogens (tertiary/aromatic N) is 4. The number of imidazole rings is 1. The summed E-state index contributed by atoms with van der Waals surface area (Å²) in [7, 11) is 0. The van der Waals surface area contributed by atoms with Gasteiger partial charge in [0.2, 0.25) is 0 Å². The molecular weight excluding hydrogens is 990 g/mol. The molecular formula is C53H46GeIrN4S-2. The van der Waals surface area contributed by atoms with E-state index in [1.807, 2.05) is 55.6 Å². The summed E-state index contributed by atoms with van der Waals surface area (Å²) in [5.74, 6) is 7.37. The molecule has 0 amide bonds. The van der Waals surface area contributed by atoms with E-state index in [1.54, 1.807) is 11.3 Å². The molecule has 10 rings (SSSR count). The van der Waals surface area contributed by atoms with Crippen molar-refractivity contribution in [3.05, 3.63) is 187 Å². The van der Waals surface area contributed by atoms with Crippen LogP contribution in [0.15, 0.2) is 158 Å². The predicted molar refractivity (Wildman–Crippen MR) is 253 cm³/mol. The van der Waals surface area contributed by atoms with E-state index in [4.69, 9.17) is 15.0 Å². The van der Waals surface area contributed by atoms with Gasteiger partial charge in [-0.2, -0.15) is 11.3 Å². The zero-order valence-electron chi connectivity index (χ0n) is 35.6. The molecule has 0 aliphatic carbocycles. The zero-order chi connectivity index (χ0) is 41.6. The average Bonchev–Trinajstić information content (AvgIpc) is 3.84. The number of rotatable bonds is 7. The average molecular weight is 1040 g/mol. The maximum Gasteiger partial charge on any atom is 0 e. The Morgan fingerprint density at radius 3 is 2.27 bits per heavy atom. The summed E-state index contributed by atoms with van der Waals surface area (Å²) in [4.78, 5) is 15.7. The molecule has 0 N–H and O–H groups in total. The van der Waals surface area contributed by atoms with E-state index in [9.17, 15) is 1.37 Å². The van der Waals surface area contributed by atoms with Gasteiger partial charge < -0.3 is 4.57 Å². The molecule has 0 aliphatic heterocycles. The molecule has 0 aliphatic rings. The third-order valence-electron chi connectivity index (χ3n) is 11.3. The van der Waals surface area contributed by atoms with Crippen LogP contribution in [-0.4, -0.2) is 32.8 Å². The van der Waals surface area contributed by atoms with Crippen molar-refractivity contribution in [2.75, 3.05) is 0 Å². The Morgan fingerprint density at radius 2 is 1.47 bits per heavy atom. The van der Waals surface area contributed by atoms with Crippen LogP contribution in [0.5, 0.6) is 0 Å². The maximum atomic E-state index is 9.38. The first kappa shape index (κ1) is 40.2. The number of aryl methyl sites for hydroxylation is 1. The van der Waals surface area contributed by atoms with E-state index >= 15 is 0 Å². The van der Waals surface area contributed by atoms with Gasteiger partial charge in [0.05, 0.1) is 16.9 Å². The van der Waals surface area contributed by atoms with Gasteiger partial charge >= 0.3 is 162 Å². The van der Waals surface area contributed by atoms with Crippen LogP contribution >= 0.6 is 11.3 Å². The quantitative estimate of drug-likeness (QED) is 0.118. The fourth-order valence-electron chi connectivity index (χ4n) is 8.03. The Bertz CT molecular complexity index is 3150. The summed E-state index contributed by atoms with van der Waals surface area (Å²) in [5.41, 5.74) is 9.43. The second-order valence-electron chi connectivity index (χ2n) is 16.2. The van der Waals surface area contributed by atoms with Gasteiger partial charge in [0.25, 0.3) is 0 Å². The minimum absolute atomic E-state index is 0. The van der Waals surface area contributed by atoms with Crippen molar-refractivity contribution in [3.8, 4) is 28.3 Å². The van der Waals surface area contributed by atoms with Crippen molar-refractivity contribution < 1.29 is 21.5 Å². The normalized spacial score (nSPS) is 13.3. The van der Waals surface area contributed by atoms with Gasteiger partial charge in [-0.15, -0.1) is 18.2 Å². The van der Waals surface area contributed by atoms with Crippen LogP contribution in [0.2, 0.25) is 17.3 Å². The molecule has 4 aromatic heterocycles. The van der Waals surface area contributed by atoms with Gasteiger partial charge in [0.15, 0.2) is 0 Å². The van der Waals surface area contributed by atoms with Crippen LogP contribution in [0.1, 0.15) is 43.9 Å². The third-order valence-corrected chi connectivity index (χ3v) is 16.7. The molecule has 299 valence electrons. The molecule has 1 radical (unpaired) electrons. The van der Waals surface area contributed by atoms with Gasteiger partial charge in [-0.1, -0.05) is 65.5 Å². The first-order valence-electron chi connectivity index (χ1n) is 20.7. The van der Waals surface area contributed by atoms with Crippen molar-refractivity contribution in [1.29, 1.82) is 0 Å².